The summed E-state index contributed by atoms with van der Waals surface area (Å²) in [6.45, 7) is 4.82. The summed E-state index contributed by atoms with van der Waals surface area (Å²) in [5.41, 5.74) is 7.92. The Labute approximate surface area is 171 Å². The third kappa shape index (κ3) is 2.61. The number of benzene rings is 1. The molecule has 2 unspecified atom stereocenters. The van der Waals surface area contributed by atoms with Gasteiger partial charge in [0.1, 0.15) is 0 Å². The van der Waals surface area contributed by atoms with Gasteiger partial charge in [-0.1, -0.05) is 62.4 Å². The fraction of sp³-hybridized carbons (Fsp3) is 0.440. The molecule has 0 spiro atoms. The van der Waals surface area contributed by atoms with E-state index in [4.69, 9.17) is 0 Å². The maximum atomic E-state index is 2.54. The smallest absolute Gasteiger partial charge is 0.0155 e. The van der Waals surface area contributed by atoms with Crippen molar-refractivity contribution in [1.29, 1.82) is 0 Å². The van der Waals surface area contributed by atoms with Crippen molar-refractivity contribution in [1.82, 2.24) is 0 Å². The second-order valence-electron chi connectivity index (χ2n) is 8.98. The molecule has 0 aliphatic heterocycles. The molecule has 0 bridgehead atoms. The molecule has 0 amide bonds. The predicted molar refractivity (Wildman–Crippen MR) is 120 cm³/mol. The van der Waals surface area contributed by atoms with Crippen LogP contribution in [0.2, 0.25) is 0 Å². The van der Waals surface area contributed by atoms with Gasteiger partial charge in [-0.3, -0.25) is 0 Å². The normalized spacial score (nSPS) is 31.3. The summed E-state index contributed by atoms with van der Waals surface area (Å²) in [7, 11) is 0. The van der Waals surface area contributed by atoms with Gasteiger partial charge in [0.25, 0.3) is 0 Å². The van der Waals surface area contributed by atoms with Crippen LogP contribution in [-0.2, 0) is 5.41 Å². The van der Waals surface area contributed by atoms with Gasteiger partial charge in [-0.05, 0) is 97.9 Å². The van der Waals surface area contributed by atoms with Crippen molar-refractivity contribution < 1.29 is 0 Å². The molecule has 26 heavy (non-hydrogen) atoms. The van der Waals surface area contributed by atoms with Crippen molar-refractivity contribution in [2.45, 2.75) is 57.3 Å². The van der Waals surface area contributed by atoms with E-state index in [2.05, 4.69) is 85.0 Å². The molecule has 4 aliphatic rings. The summed E-state index contributed by atoms with van der Waals surface area (Å²) < 4.78 is 1.55. The lowest BCUT2D eigenvalue weighted by molar-refractivity contribution is 0.349. The van der Waals surface area contributed by atoms with Crippen LogP contribution in [0.15, 0.2) is 57.7 Å². The molecule has 0 fully saturated rings. The Morgan fingerprint density at radius 3 is 2.88 bits per heavy atom. The average Bonchev–Trinajstić information content (AvgIpc) is 2.89. The van der Waals surface area contributed by atoms with Gasteiger partial charge < -0.3 is 0 Å². The first-order valence-electron chi connectivity index (χ1n) is 10.1. The highest BCUT2D eigenvalue weighted by atomic mass is 127. The fourth-order valence-electron chi connectivity index (χ4n) is 5.59. The Kier molecular flexibility index (Phi) is 4.08. The van der Waals surface area contributed by atoms with Crippen LogP contribution >= 0.6 is 22.6 Å². The molecule has 0 radical (unpaired) electrons. The van der Waals surface area contributed by atoms with Gasteiger partial charge in [-0.2, -0.15) is 0 Å². The molecule has 0 saturated carbocycles. The minimum atomic E-state index is 0.155. The third-order valence-electron chi connectivity index (χ3n) is 7.11. The highest BCUT2D eigenvalue weighted by molar-refractivity contribution is 14.1. The maximum absolute atomic E-state index is 2.54. The monoisotopic (exact) mass is 454 g/mol. The molecule has 0 nitrogen and oxygen atoms in total. The van der Waals surface area contributed by atoms with Gasteiger partial charge in [-0.25, -0.2) is 0 Å². The quantitative estimate of drug-likeness (QED) is 0.305. The number of halogens is 1. The highest BCUT2D eigenvalue weighted by Gasteiger charge is 2.37. The summed E-state index contributed by atoms with van der Waals surface area (Å²) in [5, 5.41) is 0. The summed E-state index contributed by atoms with van der Waals surface area (Å²) >= 11 is 2.52. The molecule has 134 valence electrons. The first-order valence-corrected chi connectivity index (χ1v) is 11.2. The Morgan fingerprint density at radius 1 is 1.12 bits per heavy atom. The van der Waals surface area contributed by atoms with Gasteiger partial charge in [0.05, 0.1) is 0 Å². The molecule has 0 heterocycles. The van der Waals surface area contributed by atoms with Crippen molar-refractivity contribution in [3.8, 4) is 0 Å². The van der Waals surface area contributed by atoms with Crippen LogP contribution < -0.4 is 0 Å². The first kappa shape index (κ1) is 17.0. The van der Waals surface area contributed by atoms with Crippen LogP contribution in [0.4, 0.5) is 0 Å². The van der Waals surface area contributed by atoms with Crippen LogP contribution in [0.25, 0.3) is 5.57 Å². The van der Waals surface area contributed by atoms with Crippen molar-refractivity contribution >= 4 is 28.2 Å². The number of fused-ring (bicyclic) bond motifs is 3. The Balaban J connectivity index is 1.49. The van der Waals surface area contributed by atoms with E-state index in [1.165, 1.54) is 43.2 Å². The topological polar surface area (TPSA) is 0 Å². The van der Waals surface area contributed by atoms with Crippen LogP contribution in [0.5, 0.6) is 0 Å². The minimum absolute atomic E-state index is 0.155. The summed E-state index contributed by atoms with van der Waals surface area (Å²) in [5.74, 6) is 2.10. The van der Waals surface area contributed by atoms with E-state index in [0.717, 1.165) is 5.92 Å². The molecule has 1 heteroatoms. The molecule has 0 saturated heterocycles. The maximum Gasteiger partial charge on any atom is 0.0155 e. The summed E-state index contributed by atoms with van der Waals surface area (Å²) in [4.78, 5) is 0. The lowest BCUT2D eigenvalue weighted by Crippen LogP contribution is -2.22. The van der Waals surface area contributed by atoms with Crippen molar-refractivity contribution in [3.05, 3.63) is 74.4 Å². The zero-order valence-corrected chi connectivity index (χ0v) is 17.9. The Morgan fingerprint density at radius 2 is 2.00 bits per heavy atom. The number of hydrogen-bond donors (Lipinski definition) is 0. The van der Waals surface area contributed by atoms with Gasteiger partial charge in [0, 0.05) is 11.3 Å². The number of hydrogen-bond acceptors (Lipinski definition) is 0. The fourth-order valence-corrected chi connectivity index (χ4v) is 6.32. The van der Waals surface area contributed by atoms with Crippen LogP contribution in [0.3, 0.4) is 0 Å². The lowest BCUT2D eigenvalue weighted by atomic mass is 9.72. The minimum Gasteiger partial charge on any atom is -0.0839 e. The van der Waals surface area contributed by atoms with E-state index < -0.39 is 0 Å². The molecule has 0 aromatic heterocycles. The Hall–Kier alpha value is -1.09. The molecule has 4 aliphatic carbocycles. The van der Waals surface area contributed by atoms with Crippen molar-refractivity contribution in [3.63, 3.8) is 0 Å². The zero-order valence-electron chi connectivity index (χ0n) is 15.8. The van der Waals surface area contributed by atoms with E-state index in [-0.39, 0.29) is 5.41 Å². The molecular formula is C25H27I. The van der Waals surface area contributed by atoms with Gasteiger partial charge in [-0.15, -0.1) is 0 Å². The van der Waals surface area contributed by atoms with Gasteiger partial charge in [0.2, 0.25) is 0 Å². The van der Waals surface area contributed by atoms with Gasteiger partial charge >= 0.3 is 0 Å². The second-order valence-corrected chi connectivity index (χ2v) is 10.4. The second kappa shape index (κ2) is 6.22. The molecular weight excluding hydrogens is 427 g/mol. The molecule has 3 atom stereocenters. The SMILES string of the molecule is CC1(C)C2=C(CCC=C2)c2ccc(C3C=CC4C=C(I)CC[C@H]4C3)cc21. The largest absolute Gasteiger partial charge is 0.0839 e. The predicted octanol–water partition coefficient (Wildman–Crippen LogP) is 7.47. The van der Waals surface area contributed by atoms with Crippen molar-refractivity contribution in [2.24, 2.45) is 11.8 Å². The van der Waals surface area contributed by atoms with E-state index in [1.54, 1.807) is 20.3 Å². The number of allylic oxidation sites excluding steroid dienone is 8. The van der Waals surface area contributed by atoms with E-state index in [1.807, 2.05) is 0 Å². The van der Waals surface area contributed by atoms with Crippen molar-refractivity contribution in [2.75, 3.05) is 0 Å². The highest BCUT2D eigenvalue weighted by Crippen LogP contribution is 2.51. The standard InChI is InChI=1S/C25H27I/c1-25(2)23-6-4-3-5-21(23)22-12-10-19(15-24(22)25)16-7-8-18-14-20(26)11-9-17(18)13-16/h4,6-8,10,12,14-18H,3,5,9,11,13H2,1-2H3/t16?,17-,18?/m0/s1. The van der Waals surface area contributed by atoms with E-state index >= 15 is 0 Å². The molecule has 1 aromatic carbocycles. The average molecular weight is 454 g/mol. The first-order chi connectivity index (χ1) is 12.5. The number of rotatable bonds is 1. The van der Waals surface area contributed by atoms with E-state index in [9.17, 15) is 0 Å². The van der Waals surface area contributed by atoms with Crippen LogP contribution in [0, 0.1) is 11.8 Å². The van der Waals surface area contributed by atoms with E-state index in [0.29, 0.717) is 11.8 Å². The lowest BCUT2D eigenvalue weighted by Gasteiger charge is -2.34. The van der Waals surface area contributed by atoms with Crippen LogP contribution in [0.1, 0.15) is 68.6 Å². The summed E-state index contributed by atoms with van der Waals surface area (Å²) in [6.07, 6.45) is 18.6. The molecule has 1 aromatic rings. The zero-order chi connectivity index (χ0) is 17.9. The van der Waals surface area contributed by atoms with Gasteiger partial charge in [0.15, 0.2) is 0 Å². The molecule has 5 rings (SSSR count). The third-order valence-corrected chi connectivity index (χ3v) is 8.01. The molecule has 0 N–H and O–H groups in total. The Bertz CT molecular complexity index is 877. The van der Waals surface area contributed by atoms with Crippen LogP contribution in [-0.4, -0.2) is 0 Å². The summed E-state index contributed by atoms with van der Waals surface area (Å²) in [6, 6.07) is 7.39.